The van der Waals surface area contributed by atoms with Crippen molar-refractivity contribution in [1.29, 1.82) is 0 Å². The summed E-state index contributed by atoms with van der Waals surface area (Å²) < 4.78 is 33.4. The molecule has 24 heavy (non-hydrogen) atoms. The highest BCUT2D eigenvalue weighted by Gasteiger charge is 2.18. The van der Waals surface area contributed by atoms with Crippen molar-refractivity contribution in [3.05, 3.63) is 53.6 Å². The van der Waals surface area contributed by atoms with Gasteiger partial charge in [-0.1, -0.05) is 23.8 Å². The monoisotopic (exact) mass is 346 g/mol. The smallest absolute Gasteiger partial charge is 0.262 e. The Bertz CT molecular complexity index is 828. The number of anilines is 2. The Kier molecular flexibility index (Phi) is 4.78. The number of hydrogen-bond donors (Lipinski definition) is 1. The Labute approximate surface area is 143 Å². The highest BCUT2D eigenvalue weighted by molar-refractivity contribution is 7.92. The average molecular weight is 346 g/mol. The summed E-state index contributed by atoms with van der Waals surface area (Å²) in [6.07, 6.45) is 0. The van der Waals surface area contributed by atoms with Crippen LogP contribution in [0.15, 0.2) is 47.4 Å². The van der Waals surface area contributed by atoms with Crippen molar-refractivity contribution in [2.75, 3.05) is 35.9 Å². The zero-order valence-electron chi connectivity index (χ0n) is 14.0. The summed E-state index contributed by atoms with van der Waals surface area (Å²) in [6, 6.07) is 12.8. The van der Waals surface area contributed by atoms with Gasteiger partial charge in [-0.2, -0.15) is 0 Å². The molecule has 1 fully saturated rings. The number of benzene rings is 2. The van der Waals surface area contributed by atoms with Gasteiger partial charge in [0, 0.05) is 18.8 Å². The molecule has 0 aliphatic carbocycles. The minimum atomic E-state index is -3.60. The molecular weight excluding hydrogens is 324 g/mol. The molecule has 5 nitrogen and oxygen atoms in total. The van der Waals surface area contributed by atoms with Crippen LogP contribution in [0.2, 0.25) is 0 Å². The minimum Gasteiger partial charge on any atom is -0.378 e. The van der Waals surface area contributed by atoms with Crippen LogP contribution in [0.4, 0.5) is 11.4 Å². The molecule has 0 amide bonds. The van der Waals surface area contributed by atoms with Gasteiger partial charge in [0.1, 0.15) is 0 Å². The topological polar surface area (TPSA) is 58.6 Å². The van der Waals surface area contributed by atoms with E-state index in [1.807, 2.05) is 44.2 Å². The number of rotatable bonds is 4. The van der Waals surface area contributed by atoms with Crippen molar-refractivity contribution in [2.24, 2.45) is 0 Å². The van der Waals surface area contributed by atoms with Crippen molar-refractivity contribution < 1.29 is 13.2 Å². The molecule has 0 aromatic heterocycles. The molecule has 2 aromatic rings. The Morgan fingerprint density at radius 1 is 1.04 bits per heavy atom. The van der Waals surface area contributed by atoms with Crippen LogP contribution in [0, 0.1) is 13.8 Å². The second kappa shape index (κ2) is 6.83. The predicted molar refractivity (Wildman–Crippen MR) is 96.2 cm³/mol. The SMILES string of the molecule is Cc1ccc(S(=O)(=O)Nc2cccc(N3CCOCC3)c2)c(C)c1. The number of morpholine rings is 1. The van der Waals surface area contributed by atoms with Gasteiger partial charge in [0.25, 0.3) is 10.0 Å². The van der Waals surface area contributed by atoms with Crippen molar-refractivity contribution in [2.45, 2.75) is 18.7 Å². The Morgan fingerprint density at radius 3 is 2.50 bits per heavy atom. The molecule has 1 saturated heterocycles. The van der Waals surface area contributed by atoms with Crippen LogP contribution in [-0.4, -0.2) is 34.7 Å². The Morgan fingerprint density at radius 2 is 1.79 bits per heavy atom. The average Bonchev–Trinajstić information content (AvgIpc) is 2.55. The maximum atomic E-state index is 12.7. The van der Waals surface area contributed by atoms with Crippen molar-refractivity contribution in [3.8, 4) is 0 Å². The van der Waals surface area contributed by atoms with Gasteiger partial charge in [0.15, 0.2) is 0 Å². The molecule has 0 saturated carbocycles. The molecule has 0 bridgehead atoms. The van der Waals surface area contributed by atoms with Gasteiger partial charge < -0.3 is 9.64 Å². The molecule has 128 valence electrons. The molecule has 3 rings (SSSR count). The Hall–Kier alpha value is -2.05. The van der Waals surface area contributed by atoms with Crippen molar-refractivity contribution >= 4 is 21.4 Å². The third kappa shape index (κ3) is 3.71. The van der Waals surface area contributed by atoms with Crippen LogP contribution < -0.4 is 9.62 Å². The van der Waals surface area contributed by atoms with Gasteiger partial charge >= 0.3 is 0 Å². The molecule has 1 aliphatic heterocycles. The number of nitrogens with zero attached hydrogens (tertiary/aromatic N) is 1. The first-order valence-corrected chi connectivity index (χ1v) is 9.47. The molecule has 1 heterocycles. The summed E-state index contributed by atoms with van der Waals surface area (Å²) in [5, 5.41) is 0. The number of nitrogens with one attached hydrogen (secondary N) is 1. The first-order valence-electron chi connectivity index (χ1n) is 7.98. The maximum absolute atomic E-state index is 12.7. The minimum absolute atomic E-state index is 0.310. The Balaban J connectivity index is 1.84. The molecular formula is C18H22N2O3S. The van der Waals surface area contributed by atoms with Crippen molar-refractivity contribution in [1.82, 2.24) is 0 Å². The molecule has 6 heteroatoms. The highest BCUT2D eigenvalue weighted by Crippen LogP contribution is 2.24. The van der Waals surface area contributed by atoms with Crippen LogP contribution in [0.5, 0.6) is 0 Å². The molecule has 1 aliphatic rings. The predicted octanol–water partition coefficient (Wildman–Crippen LogP) is 2.94. The summed E-state index contributed by atoms with van der Waals surface area (Å²) in [6.45, 7) is 6.77. The van der Waals surface area contributed by atoms with Crippen molar-refractivity contribution in [3.63, 3.8) is 0 Å². The molecule has 0 radical (unpaired) electrons. The zero-order valence-corrected chi connectivity index (χ0v) is 14.8. The molecule has 2 aromatic carbocycles. The highest BCUT2D eigenvalue weighted by atomic mass is 32.2. The summed E-state index contributed by atoms with van der Waals surface area (Å²) in [5.74, 6) is 0. The van der Waals surface area contributed by atoms with E-state index in [9.17, 15) is 8.42 Å². The van der Waals surface area contributed by atoms with Gasteiger partial charge in [0.2, 0.25) is 0 Å². The first-order chi connectivity index (χ1) is 11.5. The quantitative estimate of drug-likeness (QED) is 0.925. The fourth-order valence-corrected chi connectivity index (χ4v) is 4.18. The zero-order chi connectivity index (χ0) is 17.2. The van der Waals surface area contributed by atoms with E-state index >= 15 is 0 Å². The second-order valence-electron chi connectivity index (χ2n) is 6.02. The van der Waals surface area contributed by atoms with Gasteiger partial charge in [0.05, 0.1) is 23.8 Å². The standard InChI is InChI=1S/C18H22N2O3S/c1-14-6-7-18(15(2)12-14)24(21,22)19-16-4-3-5-17(13-16)20-8-10-23-11-9-20/h3-7,12-13,19H,8-11H2,1-2H3. The summed E-state index contributed by atoms with van der Waals surface area (Å²) in [4.78, 5) is 2.50. The van der Waals surface area contributed by atoms with Gasteiger partial charge in [-0.25, -0.2) is 8.42 Å². The molecule has 0 spiro atoms. The lowest BCUT2D eigenvalue weighted by molar-refractivity contribution is 0.122. The fourth-order valence-electron chi connectivity index (χ4n) is 2.90. The van der Waals surface area contributed by atoms with E-state index in [0.29, 0.717) is 23.8 Å². The summed E-state index contributed by atoms with van der Waals surface area (Å²) >= 11 is 0. The first kappa shape index (κ1) is 16.8. The number of sulfonamides is 1. The molecule has 1 N–H and O–H groups in total. The fraction of sp³-hybridized carbons (Fsp3) is 0.333. The third-order valence-corrected chi connectivity index (χ3v) is 5.64. The van der Waals surface area contributed by atoms with Gasteiger partial charge in [-0.15, -0.1) is 0 Å². The van der Waals surface area contributed by atoms with E-state index in [0.717, 1.165) is 29.9 Å². The number of aryl methyl sites for hydroxylation is 2. The van der Waals surface area contributed by atoms with Crippen LogP contribution in [0.1, 0.15) is 11.1 Å². The lowest BCUT2D eigenvalue weighted by Crippen LogP contribution is -2.36. The summed E-state index contributed by atoms with van der Waals surface area (Å²) in [7, 11) is -3.60. The summed E-state index contributed by atoms with van der Waals surface area (Å²) in [5.41, 5.74) is 3.35. The van der Waals surface area contributed by atoms with E-state index in [-0.39, 0.29) is 0 Å². The van der Waals surface area contributed by atoms with E-state index in [1.54, 1.807) is 12.1 Å². The second-order valence-corrected chi connectivity index (χ2v) is 7.68. The van der Waals surface area contributed by atoms with E-state index in [2.05, 4.69) is 9.62 Å². The van der Waals surface area contributed by atoms with Crippen LogP contribution in [0.3, 0.4) is 0 Å². The van der Waals surface area contributed by atoms with Gasteiger partial charge in [-0.3, -0.25) is 4.72 Å². The number of ether oxygens (including phenoxy) is 1. The van der Waals surface area contributed by atoms with E-state index in [4.69, 9.17) is 4.74 Å². The number of hydrogen-bond acceptors (Lipinski definition) is 4. The van der Waals surface area contributed by atoms with Crippen LogP contribution >= 0.6 is 0 Å². The lowest BCUT2D eigenvalue weighted by atomic mass is 10.2. The van der Waals surface area contributed by atoms with E-state index in [1.165, 1.54) is 0 Å². The maximum Gasteiger partial charge on any atom is 0.262 e. The largest absolute Gasteiger partial charge is 0.378 e. The normalized spacial score (nSPS) is 15.3. The lowest BCUT2D eigenvalue weighted by Gasteiger charge is -2.29. The van der Waals surface area contributed by atoms with Gasteiger partial charge in [-0.05, 0) is 43.7 Å². The van der Waals surface area contributed by atoms with E-state index < -0.39 is 10.0 Å². The third-order valence-electron chi connectivity index (χ3n) is 4.09. The molecule has 0 atom stereocenters. The van der Waals surface area contributed by atoms with Crippen LogP contribution in [0.25, 0.3) is 0 Å². The van der Waals surface area contributed by atoms with Crippen LogP contribution in [-0.2, 0) is 14.8 Å². The molecule has 0 unspecified atom stereocenters.